The lowest BCUT2D eigenvalue weighted by atomic mass is 9.98. The number of aliphatic hydroxyl groups excluding tert-OH is 1. The lowest BCUT2D eigenvalue weighted by Crippen LogP contribution is -2.47. The third-order valence-corrected chi connectivity index (χ3v) is 6.15. The Hall–Kier alpha value is -2.67. The van der Waals surface area contributed by atoms with E-state index in [1.165, 1.54) is 19.1 Å². The molecule has 0 radical (unpaired) electrons. The maximum Gasteiger partial charge on any atom is 0.320 e. The zero-order chi connectivity index (χ0) is 20.7. The molecule has 0 saturated carbocycles. The molecule has 3 heterocycles. The maximum atomic E-state index is 14.4. The summed E-state index contributed by atoms with van der Waals surface area (Å²) in [5.41, 5.74) is 2.61. The number of amides is 2. The number of benzene rings is 1. The van der Waals surface area contributed by atoms with E-state index < -0.39 is 0 Å². The molecule has 1 aromatic carbocycles. The molecule has 154 valence electrons. The fourth-order valence-corrected chi connectivity index (χ4v) is 4.40. The number of Topliss-reactive ketones (excluding diaryl/α,β-unsaturated/α-hetero) is 1. The summed E-state index contributed by atoms with van der Waals surface area (Å²) in [7, 11) is 0. The zero-order valence-electron chi connectivity index (χ0n) is 16.7. The first-order valence-electron chi connectivity index (χ1n) is 10.0. The smallest absolute Gasteiger partial charge is 0.320 e. The highest BCUT2D eigenvalue weighted by Crippen LogP contribution is 2.33. The van der Waals surface area contributed by atoms with E-state index in [-0.39, 0.29) is 30.2 Å². The van der Waals surface area contributed by atoms with Crippen molar-refractivity contribution in [1.29, 1.82) is 0 Å². The van der Waals surface area contributed by atoms with Crippen LogP contribution in [0, 0.1) is 11.7 Å². The number of carbonyl (C=O) groups excluding carboxylic acids is 2. The van der Waals surface area contributed by atoms with Gasteiger partial charge in [0.25, 0.3) is 0 Å². The van der Waals surface area contributed by atoms with E-state index in [1.54, 1.807) is 4.90 Å². The molecule has 0 spiro atoms. The summed E-state index contributed by atoms with van der Waals surface area (Å²) >= 11 is 0. The van der Waals surface area contributed by atoms with Crippen molar-refractivity contribution in [2.45, 2.75) is 32.9 Å². The standard InChI is InChI=1S/C22H26FN3O3/c1-14(15(2)28)20-12-25-7-8-26(11-17-9-18(23)10-19(20)21(17)25)22(29)24-5-3-16(13-27)4-6-24/h9-10,12,16,27H,1,3-8,11,13H2,2H3. The Labute approximate surface area is 169 Å². The molecule has 0 unspecified atom stereocenters. The van der Waals surface area contributed by atoms with Gasteiger partial charge >= 0.3 is 6.03 Å². The van der Waals surface area contributed by atoms with Crippen LogP contribution in [0.25, 0.3) is 16.5 Å². The second-order valence-corrected chi connectivity index (χ2v) is 8.05. The van der Waals surface area contributed by atoms with E-state index in [2.05, 4.69) is 6.58 Å². The number of hydrogen-bond donors (Lipinski definition) is 1. The molecule has 7 heteroatoms. The van der Waals surface area contributed by atoms with Crippen molar-refractivity contribution < 1.29 is 19.1 Å². The van der Waals surface area contributed by atoms with Gasteiger partial charge in [-0.3, -0.25) is 4.79 Å². The normalized spacial score (nSPS) is 17.5. The summed E-state index contributed by atoms with van der Waals surface area (Å²) in [6, 6.07) is 2.87. The van der Waals surface area contributed by atoms with Crippen LogP contribution in [0.5, 0.6) is 0 Å². The number of urea groups is 1. The highest BCUT2D eigenvalue weighted by atomic mass is 19.1. The minimum Gasteiger partial charge on any atom is -0.396 e. The zero-order valence-corrected chi connectivity index (χ0v) is 16.7. The summed E-state index contributed by atoms with van der Waals surface area (Å²) in [6.45, 7) is 8.15. The third kappa shape index (κ3) is 3.55. The fourth-order valence-electron chi connectivity index (χ4n) is 4.40. The number of ketones is 1. The van der Waals surface area contributed by atoms with Crippen LogP contribution in [-0.4, -0.2) is 57.5 Å². The molecule has 2 amide bonds. The van der Waals surface area contributed by atoms with E-state index in [0.717, 1.165) is 23.9 Å². The molecular formula is C22H26FN3O3. The lowest BCUT2D eigenvalue weighted by Gasteiger charge is -2.35. The van der Waals surface area contributed by atoms with E-state index in [9.17, 15) is 19.1 Å². The van der Waals surface area contributed by atoms with Crippen molar-refractivity contribution in [2.24, 2.45) is 5.92 Å². The molecule has 4 rings (SSSR count). The van der Waals surface area contributed by atoms with Gasteiger partial charge in [0.1, 0.15) is 5.82 Å². The maximum absolute atomic E-state index is 14.4. The quantitative estimate of drug-likeness (QED) is 0.807. The van der Waals surface area contributed by atoms with E-state index in [0.29, 0.717) is 49.2 Å². The molecular weight excluding hydrogens is 373 g/mol. The number of rotatable bonds is 3. The van der Waals surface area contributed by atoms with Crippen molar-refractivity contribution in [1.82, 2.24) is 14.4 Å². The Morgan fingerprint density at radius 2 is 1.90 bits per heavy atom. The van der Waals surface area contributed by atoms with Gasteiger partial charge in [-0.1, -0.05) is 6.58 Å². The number of piperidine rings is 1. The Balaban J connectivity index is 1.64. The van der Waals surface area contributed by atoms with Gasteiger partial charge < -0.3 is 19.5 Å². The topological polar surface area (TPSA) is 65.8 Å². The molecule has 2 aliphatic rings. The van der Waals surface area contributed by atoms with Crippen LogP contribution in [0.2, 0.25) is 0 Å². The molecule has 2 aromatic rings. The van der Waals surface area contributed by atoms with Crippen molar-refractivity contribution in [3.63, 3.8) is 0 Å². The van der Waals surface area contributed by atoms with Gasteiger partial charge in [0.15, 0.2) is 5.78 Å². The van der Waals surface area contributed by atoms with E-state index >= 15 is 0 Å². The summed E-state index contributed by atoms with van der Waals surface area (Å²) in [5.74, 6) is -0.268. The third-order valence-electron chi connectivity index (χ3n) is 6.15. The predicted molar refractivity (Wildman–Crippen MR) is 109 cm³/mol. The number of allylic oxidation sites excluding steroid dienone is 1. The molecule has 29 heavy (non-hydrogen) atoms. The van der Waals surface area contributed by atoms with Gasteiger partial charge in [0, 0.05) is 62.1 Å². The van der Waals surface area contributed by atoms with Gasteiger partial charge in [-0.05, 0) is 43.4 Å². The molecule has 0 aliphatic carbocycles. The van der Waals surface area contributed by atoms with E-state index in [1.807, 2.05) is 15.7 Å². The first-order valence-corrected chi connectivity index (χ1v) is 10.0. The molecule has 1 aromatic heterocycles. The number of halogens is 1. The molecule has 0 bridgehead atoms. The number of nitrogens with zero attached hydrogens (tertiary/aromatic N) is 3. The van der Waals surface area contributed by atoms with E-state index in [4.69, 9.17) is 0 Å². The van der Waals surface area contributed by atoms with Crippen LogP contribution >= 0.6 is 0 Å². The van der Waals surface area contributed by atoms with Crippen molar-refractivity contribution in [3.05, 3.63) is 41.9 Å². The number of aliphatic hydroxyl groups is 1. The SMILES string of the molecule is C=C(C(C)=O)c1cn2c3c(cc(F)cc13)CN(C(=O)N1CCC(CO)CC1)CC2. The van der Waals surface area contributed by atoms with Gasteiger partial charge in [-0.2, -0.15) is 0 Å². The van der Waals surface area contributed by atoms with Crippen LogP contribution in [-0.2, 0) is 17.9 Å². The number of likely N-dealkylation sites (tertiary alicyclic amines) is 1. The Morgan fingerprint density at radius 1 is 1.17 bits per heavy atom. The summed E-state index contributed by atoms with van der Waals surface area (Å²) < 4.78 is 16.4. The van der Waals surface area contributed by atoms with Gasteiger partial charge in [-0.15, -0.1) is 0 Å². The van der Waals surface area contributed by atoms with Crippen LogP contribution in [0.15, 0.2) is 24.9 Å². The predicted octanol–water partition coefficient (Wildman–Crippen LogP) is 3.02. The number of aromatic nitrogens is 1. The average molecular weight is 399 g/mol. The van der Waals surface area contributed by atoms with Crippen LogP contribution in [0.1, 0.15) is 30.9 Å². The Morgan fingerprint density at radius 3 is 2.55 bits per heavy atom. The molecule has 6 nitrogen and oxygen atoms in total. The first-order chi connectivity index (χ1) is 13.9. The molecule has 1 N–H and O–H groups in total. The first kappa shape index (κ1) is 19.6. The summed E-state index contributed by atoms with van der Waals surface area (Å²) in [6.07, 6.45) is 3.45. The Kier molecular flexibility index (Phi) is 5.17. The second kappa shape index (κ2) is 7.63. The van der Waals surface area contributed by atoms with Crippen molar-refractivity contribution in [2.75, 3.05) is 26.2 Å². The summed E-state index contributed by atoms with van der Waals surface area (Å²) in [4.78, 5) is 28.5. The van der Waals surface area contributed by atoms with Gasteiger partial charge in [0.05, 0.1) is 5.52 Å². The van der Waals surface area contributed by atoms with Crippen LogP contribution in [0.3, 0.4) is 0 Å². The van der Waals surface area contributed by atoms with Crippen LogP contribution < -0.4 is 0 Å². The highest BCUT2D eigenvalue weighted by molar-refractivity contribution is 6.22. The van der Waals surface area contributed by atoms with Crippen molar-refractivity contribution >= 4 is 28.3 Å². The van der Waals surface area contributed by atoms with Crippen LogP contribution in [0.4, 0.5) is 9.18 Å². The van der Waals surface area contributed by atoms with Gasteiger partial charge in [-0.25, -0.2) is 9.18 Å². The average Bonchev–Trinajstić information content (AvgIpc) is 2.97. The van der Waals surface area contributed by atoms with Crippen molar-refractivity contribution in [3.8, 4) is 0 Å². The number of carbonyl (C=O) groups is 2. The largest absolute Gasteiger partial charge is 0.396 e. The minimum atomic E-state index is -0.388. The van der Waals surface area contributed by atoms with Gasteiger partial charge in [0.2, 0.25) is 0 Å². The monoisotopic (exact) mass is 399 g/mol. The highest BCUT2D eigenvalue weighted by Gasteiger charge is 2.29. The lowest BCUT2D eigenvalue weighted by molar-refractivity contribution is -0.111. The molecule has 1 saturated heterocycles. The molecule has 1 fully saturated rings. The molecule has 0 atom stereocenters. The minimum absolute atomic E-state index is 0.0436. The summed E-state index contributed by atoms with van der Waals surface area (Å²) in [5, 5.41) is 9.97. The second-order valence-electron chi connectivity index (χ2n) is 8.05. The number of hydrogen-bond acceptors (Lipinski definition) is 3. The molecule has 2 aliphatic heterocycles. The Bertz CT molecular complexity index is 989. The fraction of sp³-hybridized carbons (Fsp3) is 0.455.